The van der Waals surface area contributed by atoms with Crippen molar-refractivity contribution in [1.82, 2.24) is 15.5 Å². The Balaban J connectivity index is 1.95. The molecular formula is C15H15N3O3. The second-order valence-corrected chi connectivity index (χ2v) is 4.72. The normalized spacial score (nSPS) is 11.0. The topological polar surface area (TPSA) is 81.2 Å². The Morgan fingerprint density at radius 3 is 2.81 bits per heavy atom. The quantitative estimate of drug-likeness (QED) is 0.797. The van der Waals surface area contributed by atoms with Crippen molar-refractivity contribution >= 4 is 16.9 Å². The molecule has 3 aromatic rings. The molecule has 6 nitrogen and oxygen atoms in total. The van der Waals surface area contributed by atoms with Gasteiger partial charge in [-0.3, -0.25) is 4.79 Å². The van der Waals surface area contributed by atoms with Crippen LogP contribution in [-0.4, -0.2) is 22.6 Å². The van der Waals surface area contributed by atoms with Crippen LogP contribution in [0.15, 0.2) is 33.1 Å². The number of furan rings is 1. The number of para-hydroxylation sites is 1. The smallest absolute Gasteiger partial charge is 0.308 e. The molecule has 0 aliphatic rings. The van der Waals surface area contributed by atoms with E-state index in [2.05, 4.69) is 15.5 Å². The molecule has 0 saturated heterocycles. The molecule has 0 unspecified atom stereocenters. The Labute approximate surface area is 121 Å². The van der Waals surface area contributed by atoms with Crippen LogP contribution in [-0.2, 0) is 0 Å². The molecule has 6 heteroatoms. The van der Waals surface area contributed by atoms with E-state index in [1.165, 1.54) is 0 Å². The van der Waals surface area contributed by atoms with Crippen molar-refractivity contribution in [3.63, 3.8) is 0 Å². The van der Waals surface area contributed by atoms with Gasteiger partial charge in [-0.25, -0.2) is 0 Å². The fraction of sp³-hybridized carbons (Fsp3) is 0.267. The first-order chi connectivity index (χ1) is 10.2. The van der Waals surface area contributed by atoms with E-state index >= 15 is 0 Å². The molecule has 0 spiro atoms. The summed E-state index contributed by atoms with van der Waals surface area (Å²) in [5, 5.41) is 11.3. The highest BCUT2D eigenvalue weighted by molar-refractivity contribution is 5.90. The third-order valence-electron chi connectivity index (χ3n) is 3.19. The summed E-state index contributed by atoms with van der Waals surface area (Å²) in [6.45, 7) is 4.46. The van der Waals surface area contributed by atoms with E-state index in [-0.39, 0.29) is 17.7 Å². The highest BCUT2D eigenvalue weighted by Gasteiger charge is 2.20. The summed E-state index contributed by atoms with van der Waals surface area (Å²) in [5.41, 5.74) is 1.66. The molecule has 2 aromatic heterocycles. The lowest BCUT2D eigenvalue weighted by atomic mass is 10.1. The van der Waals surface area contributed by atoms with Crippen molar-refractivity contribution in [3.05, 3.63) is 35.7 Å². The standard InChI is InChI=1S/C15H15N3O3/c1-3-8-16-13(19)15-18-17-14(21-15)12-9(2)10-6-4-5-7-11(10)20-12/h4-7H,3,8H2,1-2H3,(H,16,19). The Kier molecular flexibility index (Phi) is 3.43. The Morgan fingerprint density at radius 1 is 1.24 bits per heavy atom. The van der Waals surface area contributed by atoms with Crippen molar-refractivity contribution < 1.29 is 13.6 Å². The van der Waals surface area contributed by atoms with Crippen LogP contribution in [0.1, 0.15) is 29.6 Å². The minimum absolute atomic E-state index is 0.0571. The van der Waals surface area contributed by atoms with Crippen LogP contribution in [0.5, 0.6) is 0 Å². The Bertz CT molecular complexity index is 788. The van der Waals surface area contributed by atoms with Gasteiger partial charge in [0.05, 0.1) is 0 Å². The van der Waals surface area contributed by atoms with Crippen molar-refractivity contribution in [2.75, 3.05) is 6.54 Å². The van der Waals surface area contributed by atoms with Gasteiger partial charge in [-0.1, -0.05) is 25.1 Å². The number of aromatic nitrogens is 2. The second-order valence-electron chi connectivity index (χ2n) is 4.72. The number of fused-ring (bicyclic) bond motifs is 1. The maximum atomic E-state index is 11.8. The van der Waals surface area contributed by atoms with Crippen LogP contribution in [0.3, 0.4) is 0 Å². The summed E-state index contributed by atoms with van der Waals surface area (Å²) in [6, 6.07) is 7.67. The van der Waals surface area contributed by atoms with Gasteiger partial charge in [-0.05, 0) is 19.4 Å². The molecule has 1 N–H and O–H groups in total. The van der Waals surface area contributed by atoms with Gasteiger partial charge in [-0.2, -0.15) is 0 Å². The second kappa shape index (κ2) is 5.40. The number of rotatable bonds is 4. The number of benzene rings is 1. The maximum absolute atomic E-state index is 11.8. The van der Waals surface area contributed by atoms with Crippen LogP contribution >= 0.6 is 0 Å². The SMILES string of the molecule is CCCNC(=O)c1nnc(-c2oc3ccccc3c2C)o1. The molecule has 0 aliphatic heterocycles. The van der Waals surface area contributed by atoms with Crippen molar-refractivity contribution in [2.45, 2.75) is 20.3 Å². The lowest BCUT2D eigenvalue weighted by Gasteiger charge is -1.97. The molecule has 0 aliphatic carbocycles. The summed E-state index contributed by atoms with van der Waals surface area (Å²) >= 11 is 0. The number of hydrogen-bond acceptors (Lipinski definition) is 5. The minimum atomic E-state index is -0.371. The largest absolute Gasteiger partial charge is 0.451 e. The summed E-state index contributed by atoms with van der Waals surface area (Å²) in [7, 11) is 0. The third-order valence-corrected chi connectivity index (χ3v) is 3.19. The number of amides is 1. The van der Waals surface area contributed by atoms with E-state index < -0.39 is 0 Å². The molecule has 21 heavy (non-hydrogen) atoms. The summed E-state index contributed by atoms with van der Waals surface area (Å²) in [5.74, 6) is 0.284. The fourth-order valence-corrected chi connectivity index (χ4v) is 2.10. The number of nitrogens with zero attached hydrogens (tertiary/aromatic N) is 2. The van der Waals surface area contributed by atoms with Gasteiger partial charge < -0.3 is 14.2 Å². The van der Waals surface area contributed by atoms with E-state index in [0.29, 0.717) is 12.3 Å². The molecule has 0 saturated carbocycles. The predicted molar refractivity (Wildman–Crippen MR) is 76.9 cm³/mol. The minimum Gasteiger partial charge on any atom is -0.451 e. The highest BCUT2D eigenvalue weighted by atomic mass is 16.4. The number of carbonyl (C=O) groups excluding carboxylic acids is 1. The number of hydrogen-bond donors (Lipinski definition) is 1. The highest BCUT2D eigenvalue weighted by Crippen LogP contribution is 2.31. The first-order valence-electron chi connectivity index (χ1n) is 6.81. The zero-order valence-electron chi connectivity index (χ0n) is 11.8. The van der Waals surface area contributed by atoms with Crippen molar-refractivity contribution in [2.24, 2.45) is 0 Å². The van der Waals surface area contributed by atoms with E-state index in [1.807, 2.05) is 38.1 Å². The molecule has 1 amide bonds. The maximum Gasteiger partial charge on any atom is 0.308 e. The van der Waals surface area contributed by atoms with E-state index in [9.17, 15) is 4.79 Å². The fourth-order valence-electron chi connectivity index (χ4n) is 2.10. The zero-order valence-corrected chi connectivity index (χ0v) is 11.8. The van der Waals surface area contributed by atoms with E-state index in [4.69, 9.17) is 8.83 Å². The molecule has 2 heterocycles. The monoisotopic (exact) mass is 285 g/mol. The average molecular weight is 285 g/mol. The summed E-state index contributed by atoms with van der Waals surface area (Å²) in [6.07, 6.45) is 0.843. The van der Waals surface area contributed by atoms with Crippen LogP contribution in [0, 0.1) is 6.92 Å². The number of nitrogens with one attached hydrogen (secondary N) is 1. The van der Waals surface area contributed by atoms with Crippen LogP contribution in [0.4, 0.5) is 0 Å². The summed E-state index contributed by atoms with van der Waals surface area (Å²) in [4.78, 5) is 11.8. The molecule has 0 bridgehead atoms. The summed E-state index contributed by atoms with van der Waals surface area (Å²) < 4.78 is 11.1. The van der Waals surface area contributed by atoms with Gasteiger partial charge >= 0.3 is 11.8 Å². The average Bonchev–Trinajstić information content (AvgIpc) is 3.10. The lowest BCUT2D eigenvalue weighted by molar-refractivity contribution is 0.0919. The third kappa shape index (κ3) is 2.40. The predicted octanol–water partition coefficient (Wildman–Crippen LogP) is 2.93. The Hall–Kier alpha value is -2.63. The van der Waals surface area contributed by atoms with Gasteiger partial charge in [0.25, 0.3) is 5.89 Å². The Morgan fingerprint density at radius 2 is 2.05 bits per heavy atom. The van der Waals surface area contributed by atoms with Gasteiger partial charge in [0.2, 0.25) is 0 Å². The molecular weight excluding hydrogens is 270 g/mol. The van der Waals surface area contributed by atoms with Gasteiger partial charge in [0, 0.05) is 17.5 Å². The molecule has 108 valence electrons. The molecule has 0 atom stereocenters. The van der Waals surface area contributed by atoms with Crippen LogP contribution < -0.4 is 5.32 Å². The zero-order chi connectivity index (χ0) is 14.8. The lowest BCUT2D eigenvalue weighted by Crippen LogP contribution is -2.24. The first kappa shape index (κ1) is 13.4. The molecule has 1 aromatic carbocycles. The van der Waals surface area contributed by atoms with E-state index in [1.54, 1.807) is 0 Å². The first-order valence-corrected chi connectivity index (χ1v) is 6.81. The van der Waals surface area contributed by atoms with E-state index in [0.717, 1.165) is 23.0 Å². The van der Waals surface area contributed by atoms with Crippen molar-refractivity contribution in [3.8, 4) is 11.7 Å². The van der Waals surface area contributed by atoms with Gasteiger partial charge in [0.15, 0.2) is 5.76 Å². The molecule has 0 fully saturated rings. The van der Waals surface area contributed by atoms with Gasteiger partial charge in [-0.15, -0.1) is 10.2 Å². The van der Waals surface area contributed by atoms with Crippen molar-refractivity contribution in [1.29, 1.82) is 0 Å². The van der Waals surface area contributed by atoms with Crippen LogP contribution in [0.25, 0.3) is 22.6 Å². The number of aryl methyl sites for hydroxylation is 1. The van der Waals surface area contributed by atoms with Gasteiger partial charge in [0.1, 0.15) is 5.58 Å². The van der Waals surface area contributed by atoms with Crippen LogP contribution in [0.2, 0.25) is 0 Å². The molecule has 3 rings (SSSR count). The number of carbonyl (C=O) groups is 1. The molecule has 0 radical (unpaired) electrons.